The number of carbonyl (C=O) groups excluding carboxylic acids is 1. The van der Waals surface area contributed by atoms with E-state index < -0.39 is 0 Å². The van der Waals surface area contributed by atoms with Gasteiger partial charge in [-0.1, -0.05) is 25.5 Å². The second-order valence-corrected chi connectivity index (χ2v) is 9.68. The Morgan fingerprint density at radius 3 is 2.68 bits per heavy atom. The van der Waals surface area contributed by atoms with Gasteiger partial charge in [0.1, 0.15) is 0 Å². The maximum absolute atomic E-state index is 13.0. The fourth-order valence-electron chi connectivity index (χ4n) is 4.34. The molecule has 1 amide bonds. The first kappa shape index (κ1) is 19.3. The lowest BCUT2D eigenvalue weighted by atomic mass is 10.1. The van der Waals surface area contributed by atoms with E-state index in [1.165, 1.54) is 16.9 Å². The lowest BCUT2D eigenvalue weighted by molar-refractivity contribution is -0.135. The predicted molar refractivity (Wildman–Crippen MR) is 111 cm³/mol. The lowest BCUT2D eigenvalue weighted by Crippen LogP contribution is -2.49. The zero-order valence-electron chi connectivity index (χ0n) is 17.0. The number of aromatic nitrogens is 2. The first-order valence-electron chi connectivity index (χ1n) is 9.89. The topological polar surface area (TPSA) is 57.9 Å². The van der Waals surface area contributed by atoms with Crippen molar-refractivity contribution in [2.45, 2.75) is 34.2 Å². The number of fused-ring (bicyclic) bond motifs is 1. The second kappa shape index (κ2) is 7.12. The summed E-state index contributed by atoms with van der Waals surface area (Å²) in [5.41, 5.74) is 2.12. The van der Waals surface area contributed by atoms with Crippen molar-refractivity contribution >= 4 is 22.2 Å². The maximum Gasteiger partial charge on any atom is 0.258 e. The van der Waals surface area contributed by atoms with Gasteiger partial charge in [0.25, 0.3) is 5.56 Å². The van der Waals surface area contributed by atoms with Crippen LogP contribution in [0.1, 0.15) is 33.4 Å². The molecule has 7 heteroatoms. The molecule has 6 nitrogen and oxygen atoms in total. The largest absolute Gasteiger partial charge is 0.340 e. The van der Waals surface area contributed by atoms with Crippen LogP contribution in [0.4, 0.5) is 0 Å². The van der Waals surface area contributed by atoms with Crippen molar-refractivity contribution < 1.29 is 4.79 Å². The molecule has 1 saturated carbocycles. The summed E-state index contributed by atoms with van der Waals surface area (Å²) in [6.07, 6.45) is 4.01. The Morgan fingerprint density at radius 2 is 2.00 bits per heavy atom. The van der Waals surface area contributed by atoms with Gasteiger partial charge in [-0.15, -0.1) is 11.3 Å². The van der Waals surface area contributed by atoms with Gasteiger partial charge in [0.05, 0.1) is 11.6 Å². The average Bonchev–Trinajstić information content (AvgIpc) is 2.96. The van der Waals surface area contributed by atoms with Crippen LogP contribution in [0.25, 0.3) is 4.96 Å². The van der Waals surface area contributed by atoms with E-state index in [1.54, 1.807) is 16.7 Å². The molecule has 150 valence electrons. The number of amides is 1. The molecule has 0 bridgehead atoms. The Morgan fingerprint density at radius 1 is 1.29 bits per heavy atom. The summed E-state index contributed by atoms with van der Waals surface area (Å²) >= 11 is 1.47. The van der Waals surface area contributed by atoms with E-state index in [4.69, 9.17) is 0 Å². The smallest absolute Gasteiger partial charge is 0.258 e. The van der Waals surface area contributed by atoms with Crippen molar-refractivity contribution in [3.63, 3.8) is 0 Å². The fourth-order valence-corrected chi connectivity index (χ4v) is 5.08. The van der Waals surface area contributed by atoms with Gasteiger partial charge in [-0.2, -0.15) is 0 Å². The van der Waals surface area contributed by atoms with E-state index in [0.717, 1.165) is 36.8 Å². The van der Waals surface area contributed by atoms with E-state index in [2.05, 4.69) is 43.7 Å². The molecular weight excluding hydrogens is 372 g/mol. The minimum atomic E-state index is -0.0312. The van der Waals surface area contributed by atoms with Crippen LogP contribution in [0.5, 0.6) is 0 Å². The minimum Gasteiger partial charge on any atom is -0.340 e. The number of rotatable bonds is 4. The van der Waals surface area contributed by atoms with Gasteiger partial charge >= 0.3 is 0 Å². The molecule has 2 aromatic heterocycles. The highest BCUT2D eigenvalue weighted by Gasteiger charge is 2.61. The predicted octanol–water partition coefficient (Wildman–Crippen LogP) is 2.64. The third-order valence-corrected chi connectivity index (χ3v) is 6.87. The number of piperazine rings is 1. The van der Waals surface area contributed by atoms with Crippen LogP contribution in [-0.4, -0.2) is 51.3 Å². The summed E-state index contributed by atoms with van der Waals surface area (Å²) in [6, 6.07) is 1.62. The zero-order chi connectivity index (χ0) is 20.1. The molecule has 1 aliphatic carbocycles. The molecule has 0 N–H and O–H groups in total. The molecule has 28 heavy (non-hydrogen) atoms. The van der Waals surface area contributed by atoms with E-state index in [1.807, 2.05) is 10.3 Å². The normalized spacial score (nSPS) is 24.4. The van der Waals surface area contributed by atoms with Crippen molar-refractivity contribution in [2.75, 3.05) is 26.2 Å². The summed E-state index contributed by atoms with van der Waals surface area (Å²) in [5.74, 6) is 0.762. The number of nitrogens with zero attached hydrogens (tertiary/aromatic N) is 4. The Kier molecular flexibility index (Phi) is 4.91. The van der Waals surface area contributed by atoms with Crippen molar-refractivity contribution in [1.82, 2.24) is 19.2 Å². The van der Waals surface area contributed by atoms with Crippen molar-refractivity contribution in [3.05, 3.63) is 45.3 Å². The van der Waals surface area contributed by atoms with Crippen molar-refractivity contribution in [2.24, 2.45) is 17.3 Å². The van der Waals surface area contributed by atoms with Gasteiger partial charge < -0.3 is 4.90 Å². The van der Waals surface area contributed by atoms with Crippen LogP contribution in [0.15, 0.2) is 34.1 Å². The fraction of sp³-hybridized carbons (Fsp3) is 0.571. The first-order valence-corrected chi connectivity index (χ1v) is 10.8. The summed E-state index contributed by atoms with van der Waals surface area (Å²) in [4.78, 5) is 34.8. The van der Waals surface area contributed by atoms with E-state index in [-0.39, 0.29) is 16.9 Å². The summed E-state index contributed by atoms with van der Waals surface area (Å²) in [5, 5.41) is 1.87. The molecule has 2 aromatic rings. The van der Waals surface area contributed by atoms with Gasteiger partial charge in [0.2, 0.25) is 5.91 Å². The Bertz CT molecular complexity index is 978. The summed E-state index contributed by atoms with van der Waals surface area (Å²) in [7, 11) is 0. The summed E-state index contributed by atoms with van der Waals surface area (Å²) < 4.78 is 1.57. The van der Waals surface area contributed by atoms with Gasteiger partial charge in [-0.3, -0.25) is 18.9 Å². The molecule has 4 rings (SSSR count). The molecule has 3 heterocycles. The number of carbonyl (C=O) groups is 1. The molecule has 1 aliphatic heterocycles. The molecule has 0 aromatic carbocycles. The van der Waals surface area contributed by atoms with Gasteiger partial charge in [0, 0.05) is 50.4 Å². The number of allylic oxidation sites excluding steroid dienone is 2. The molecule has 1 saturated heterocycles. The van der Waals surface area contributed by atoms with Crippen LogP contribution in [-0.2, 0) is 11.3 Å². The number of thiazole rings is 1. The second-order valence-electron chi connectivity index (χ2n) is 8.81. The Labute approximate surface area is 169 Å². The molecular formula is C21H28N4O2S. The Hall–Kier alpha value is -1.99. The third kappa shape index (κ3) is 3.53. The maximum atomic E-state index is 13.0. The van der Waals surface area contributed by atoms with Crippen LogP contribution >= 0.6 is 11.3 Å². The highest BCUT2D eigenvalue weighted by atomic mass is 32.1. The molecule has 2 fully saturated rings. The van der Waals surface area contributed by atoms with Crippen LogP contribution in [0.3, 0.4) is 0 Å². The van der Waals surface area contributed by atoms with E-state index >= 15 is 0 Å². The van der Waals surface area contributed by atoms with Crippen LogP contribution in [0.2, 0.25) is 0 Å². The van der Waals surface area contributed by atoms with E-state index in [9.17, 15) is 9.59 Å². The lowest BCUT2D eigenvalue weighted by Gasteiger charge is -2.35. The quantitative estimate of drug-likeness (QED) is 0.741. The first-order chi connectivity index (χ1) is 13.3. The highest BCUT2D eigenvalue weighted by Crippen LogP contribution is 2.60. The molecule has 0 unspecified atom stereocenters. The highest BCUT2D eigenvalue weighted by molar-refractivity contribution is 7.15. The zero-order valence-corrected chi connectivity index (χ0v) is 17.8. The molecule has 2 atom stereocenters. The monoisotopic (exact) mass is 400 g/mol. The Balaban J connectivity index is 1.36. The van der Waals surface area contributed by atoms with Crippen molar-refractivity contribution in [1.29, 1.82) is 0 Å². The van der Waals surface area contributed by atoms with Crippen molar-refractivity contribution in [3.8, 4) is 0 Å². The van der Waals surface area contributed by atoms with E-state index in [0.29, 0.717) is 18.4 Å². The molecule has 0 spiro atoms. The number of hydrogen-bond acceptors (Lipinski definition) is 5. The van der Waals surface area contributed by atoms with Crippen LogP contribution < -0.4 is 5.56 Å². The molecule has 0 radical (unpaired) electrons. The SMILES string of the molecule is CC(C)=C[C@H]1[C@H](C(=O)N2CCN(Cc3cc(=O)n4ccsc4n3)CC2)C1(C)C. The molecule has 2 aliphatic rings. The van der Waals surface area contributed by atoms with Gasteiger partial charge in [-0.25, -0.2) is 4.98 Å². The average molecular weight is 401 g/mol. The van der Waals surface area contributed by atoms with Gasteiger partial charge in [0.15, 0.2) is 4.96 Å². The standard InChI is InChI=1S/C21H28N4O2S/c1-14(2)11-16-18(21(16,3)4)19(27)24-7-5-23(6-8-24)13-15-12-17(26)25-9-10-28-20(25)22-15/h9-12,16,18H,5-8,13H2,1-4H3/t16-,18+/m0/s1. The number of hydrogen-bond donors (Lipinski definition) is 0. The summed E-state index contributed by atoms with van der Waals surface area (Å²) in [6.45, 7) is 12.4. The third-order valence-electron chi connectivity index (χ3n) is 6.12. The minimum absolute atomic E-state index is 0.0312. The van der Waals surface area contributed by atoms with Gasteiger partial charge in [-0.05, 0) is 25.2 Å². The van der Waals surface area contributed by atoms with Crippen LogP contribution in [0, 0.1) is 17.3 Å².